The molecule has 0 heterocycles. The van der Waals surface area contributed by atoms with Crippen LogP contribution in [0.1, 0.15) is 206 Å². The quantitative estimate of drug-likeness (QED) is 0.0952. The fourth-order valence-corrected chi connectivity index (χ4v) is 5.31. The summed E-state index contributed by atoms with van der Waals surface area (Å²) in [5, 5.41) is 10.2. The highest BCUT2D eigenvalue weighted by atomic mass is 16.3. The molecule has 1 radical (unpaired) electrons. The molecule has 0 aromatic rings. The van der Waals surface area contributed by atoms with Crippen LogP contribution in [0.4, 0.5) is 0 Å². The Labute approximate surface area is 224 Å². The van der Waals surface area contributed by atoms with Crippen molar-refractivity contribution in [3.63, 3.8) is 0 Å². The maximum atomic E-state index is 10.2. The lowest BCUT2D eigenvalue weighted by Gasteiger charge is -2.10. The Morgan fingerprint density at radius 1 is 0.400 bits per heavy atom. The van der Waals surface area contributed by atoms with E-state index in [1.807, 2.05) is 0 Å². The maximum absolute atomic E-state index is 10.2. The molecule has 35 heavy (non-hydrogen) atoms. The van der Waals surface area contributed by atoms with Crippen molar-refractivity contribution in [2.24, 2.45) is 0 Å². The van der Waals surface area contributed by atoms with Gasteiger partial charge in [-0.15, -0.1) is 0 Å². The van der Waals surface area contributed by atoms with Crippen molar-refractivity contribution >= 4 is 0 Å². The van der Waals surface area contributed by atoms with Gasteiger partial charge in [-0.3, -0.25) is 0 Å². The zero-order chi connectivity index (χ0) is 25.5. The summed E-state index contributed by atoms with van der Waals surface area (Å²) in [6.07, 6.45) is 43.5. The number of hydrogen-bond acceptors (Lipinski definition) is 1. The molecule has 0 spiro atoms. The standard InChI is InChI=1S/C34H69O/c1-3-5-7-9-11-13-15-17-18-19-20-21-23-25-27-29-31-33-34(35)32-30-28-26-24-22-16-14-12-10-8-6-4-2/h31,34-35H,3-30,32-33H2,1-2H3. The average molecular weight is 494 g/mol. The van der Waals surface area contributed by atoms with Gasteiger partial charge in [-0.2, -0.15) is 0 Å². The summed E-state index contributed by atoms with van der Waals surface area (Å²) < 4.78 is 0. The average Bonchev–Trinajstić information content (AvgIpc) is 2.86. The first kappa shape index (κ1) is 35.0. The van der Waals surface area contributed by atoms with Gasteiger partial charge < -0.3 is 5.11 Å². The number of hydrogen-bond donors (Lipinski definition) is 1. The Morgan fingerprint density at radius 3 is 1.03 bits per heavy atom. The molecule has 0 aliphatic carbocycles. The number of rotatable bonds is 31. The van der Waals surface area contributed by atoms with Gasteiger partial charge in [0.1, 0.15) is 0 Å². The van der Waals surface area contributed by atoms with E-state index >= 15 is 0 Å². The van der Waals surface area contributed by atoms with E-state index in [-0.39, 0.29) is 6.10 Å². The van der Waals surface area contributed by atoms with E-state index in [2.05, 4.69) is 20.3 Å². The van der Waals surface area contributed by atoms with Crippen LogP contribution in [-0.4, -0.2) is 11.2 Å². The smallest absolute Gasteiger partial charge is 0.0543 e. The van der Waals surface area contributed by atoms with Crippen LogP contribution >= 0.6 is 0 Å². The van der Waals surface area contributed by atoms with Crippen molar-refractivity contribution < 1.29 is 5.11 Å². The molecule has 1 nitrogen and oxygen atoms in total. The molecular weight excluding hydrogens is 424 g/mol. The first-order valence-corrected chi connectivity index (χ1v) is 16.8. The highest BCUT2D eigenvalue weighted by Crippen LogP contribution is 2.16. The number of unbranched alkanes of at least 4 members (excludes halogenated alkanes) is 27. The summed E-state index contributed by atoms with van der Waals surface area (Å²) in [4.78, 5) is 0. The molecule has 1 heteroatoms. The van der Waals surface area contributed by atoms with Crippen molar-refractivity contribution in [3.8, 4) is 0 Å². The predicted molar refractivity (Wildman–Crippen MR) is 160 cm³/mol. The van der Waals surface area contributed by atoms with Gasteiger partial charge in [0.25, 0.3) is 0 Å². The van der Waals surface area contributed by atoms with Crippen LogP contribution < -0.4 is 0 Å². The second-order valence-corrected chi connectivity index (χ2v) is 11.6. The molecule has 0 saturated heterocycles. The van der Waals surface area contributed by atoms with Crippen molar-refractivity contribution in [2.45, 2.75) is 213 Å². The third-order valence-corrected chi connectivity index (χ3v) is 7.84. The fraction of sp³-hybridized carbons (Fsp3) is 0.971. The molecule has 0 bridgehead atoms. The maximum Gasteiger partial charge on any atom is 0.0543 e. The minimum atomic E-state index is -0.0885. The minimum absolute atomic E-state index is 0.0885. The van der Waals surface area contributed by atoms with E-state index in [4.69, 9.17) is 0 Å². The van der Waals surface area contributed by atoms with Crippen LogP contribution in [0.2, 0.25) is 0 Å². The Kier molecular flexibility index (Phi) is 32.0. The molecule has 1 atom stereocenters. The SMILES string of the molecule is CCCCCCCCCCCCCCCCC[CH]CC(O)CCCCCCCCCCCCCC. The van der Waals surface area contributed by atoms with Crippen LogP contribution in [0.25, 0.3) is 0 Å². The lowest BCUT2D eigenvalue weighted by atomic mass is 10.0. The normalized spacial score (nSPS) is 12.4. The van der Waals surface area contributed by atoms with Gasteiger partial charge >= 0.3 is 0 Å². The molecular formula is C34H69O. The Hall–Kier alpha value is -0.0400. The molecule has 0 amide bonds. The second kappa shape index (κ2) is 32.0. The molecule has 0 saturated carbocycles. The first-order chi connectivity index (χ1) is 17.3. The Balaban J connectivity index is 3.13. The van der Waals surface area contributed by atoms with Crippen LogP contribution in [0.15, 0.2) is 0 Å². The van der Waals surface area contributed by atoms with E-state index < -0.39 is 0 Å². The van der Waals surface area contributed by atoms with E-state index in [0.29, 0.717) is 0 Å². The molecule has 1 N–H and O–H groups in total. The molecule has 211 valence electrons. The molecule has 0 rings (SSSR count). The molecule has 0 aliphatic heterocycles. The van der Waals surface area contributed by atoms with Gasteiger partial charge in [0.05, 0.1) is 6.10 Å². The van der Waals surface area contributed by atoms with Gasteiger partial charge in [-0.05, 0) is 19.3 Å². The molecule has 1 unspecified atom stereocenters. The van der Waals surface area contributed by atoms with Crippen molar-refractivity contribution in [3.05, 3.63) is 6.42 Å². The zero-order valence-corrected chi connectivity index (χ0v) is 24.8. The Morgan fingerprint density at radius 2 is 0.686 bits per heavy atom. The summed E-state index contributed by atoms with van der Waals surface area (Å²) >= 11 is 0. The van der Waals surface area contributed by atoms with Crippen LogP contribution in [0.5, 0.6) is 0 Å². The van der Waals surface area contributed by atoms with Gasteiger partial charge in [0.15, 0.2) is 0 Å². The summed E-state index contributed by atoms with van der Waals surface area (Å²) in [6.45, 7) is 4.59. The summed E-state index contributed by atoms with van der Waals surface area (Å²) in [6, 6.07) is 0. The predicted octanol–water partition coefficient (Wildman–Crippen LogP) is 12.3. The van der Waals surface area contributed by atoms with Crippen LogP contribution in [-0.2, 0) is 0 Å². The monoisotopic (exact) mass is 494 g/mol. The highest BCUT2D eigenvalue weighted by Gasteiger charge is 2.04. The minimum Gasteiger partial charge on any atom is -0.393 e. The largest absolute Gasteiger partial charge is 0.393 e. The van der Waals surface area contributed by atoms with E-state index in [9.17, 15) is 5.11 Å². The molecule has 0 aliphatic rings. The van der Waals surface area contributed by atoms with E-state index in [0.717, 1.165) is 12.8 Å². The topological polar surface area (TPSA) is 20.2 Å². The van der Waals surface area contributed by atoms with Crippen LogP contribution in [0.3, 0.4) is 0 Å². The fourth-order valence-electron chi connectivity index (χ4n) is 5.31. The van der Waals surface area contributed by atoms with Gasteiger partial charge in [0, 0.05) is 0 Å². The third kappa shape index (κ3) is 31.9. The van der Waals surface area contributed by atoms with Gasteiger partial charge in [-0.25, -0.2) is 0 Å². The van der Waals surface area contributed by atoms with Gasteiger partial charge in [0.2, 0.25) is 0 Å². The molecule has 0 aromatic heterocycles. The van der Waals surface area contributed by atoms with Crippen molar-refractivity contribution in [1.82, 2.24) is 0 Å². The Bertz CT molecular complexity index is 352. The van der Waals surface area contributed by atoms with Crippen molar-refractivity contribution in [1.29, 1.82) is 0 Å². The van der Waals surface area contributed by atoms with E-state index in [1.54, 1.807) is 0 Å². The van der Waals surface area contributed by atoms with Gasteiger partial charge in [-0.1, -0.05) is 194 Å². The van der Waals surface area contributed by atoms with E-state index in [1.165, 1.54) is 180 Å². The lowest BCUT2D eigenvalue weighted by molar-refractivity contribution is 0.158. The second-order valence-electron chi connectivity index (χ2n) is 11.6. The number of aliphatic hydroxyl groups is 1. The zero-order valence-electron chi connectivity index (χ0n) is 24.8. The first-order valence-electron chi connectivity index (χ1n) is 16.8. The lowest BCUT2D eigenvalue weighted by Crippen LogP contribution is -2.06. The van der Waals surface area contributed by atoms with Crippen LogP contribution in [0, 0.1) is 6.42 Å². The third-order valence-electron chi connectivity index (χ3n) is 7.84. The van der Waals surface area contributed by atoms with Crippen molar-refractivity contribution in [2.75, 3.05) is 0 Å². The number of aliphatic hydroxyl groups excluding tert-OH is 1. The molecule has 0 fully saturated rings. The molecule has 0 aromatic carbocycles. The highest BCUT2D eigenvalue weighted by molar-refractivity contribution is 4.70. The summed E-state index contributed by atoms with van der Waals surface area (Å²) in [5.41, 5.74) is 0. The summed E-state index contributed by atoms with van der Waals surface area (Å²) in [7, 11) is 0. The summed E-state index contributed by atoms with van der Waals surface area (Å²) in [5.74, 6) is 0.